The molecular formula is C32H38O5. The Morgan fingerprint density at radius 2 is 1.38 bits per heavy atom. The van der Waals surface area contributed by atoms with Crippen molar-refractivity contribution in [1.82, 2.24) is 0 Å². The van der Waals surface area contributed by atoms with E-state index in [1.54, 1.807) is 12.1 Å². The monoisotopic (exact) mass is 502 g/mol. The Morgan fingerprint density at radius 1 is 0.838 bits per heavy atom. The summed E-state index contributed by atoms with van der Waals surface area (Å²) in [6.45, 7) is 10.9. The predicted octanol–water partition coefficient (Wildman–Crippen LogP) is 7.23. The van der Waals surface area contributed by atoms with Gasteiger partial charge in [0.15, 0.2) is 11.9 Å². The molecule has 0 radical (unpaired) electrons. The minimum Gasteiger partial charge on any atom is -0.486 e. The summed E-state index contributed by atoms with van der Waals surface area (Å²) < 4.78 is 6.39. The number of ketones is 1. The Labute approximate surface area is 220 Å². The molecule has 3 aromatic rings. The van der Waals surface area contributed by atoms with E-state index < -0.39 is 12.1 Å². The quantitative estimate of drug-likeness (QED) is 0.270. The van der Waals surface area contributed by atoms with Gasteiger partial charge in [0, 0.05) is 12.0 Å². The molecule has 0 aliphatic rings. The van der Waals surface area contributed by atoms with Crippen LogP contribution in [0.3, 0.4) is 0 Å². The van der Waals surface area contributed by atoms with E-state index in [1.807, 2.05) is 24.3 Å². The SMILES string of the molecule is CC(C)CC(Oc1ccc(-c2ccc(C(C)(C)C)cc2)cc1)c1ccc(C(=O)CC[C@H](O)C(=O)O)cc1. The fourth-order valence-electron chi connectivity index (χ4n) is 4.15. The number of aliphatic hydroxyl groups is 1. The molecule has 37 heavy (non-hydrogen) atoms. The Kier molecular flexibility index (Phi) is 9.28. The minimum atomic E-state index is -1.53. The van der Waals surface area contributed by atoms with Crippen molar-refractivity contribution in [2.24, 2.45) is 5.92 Å². The maximum Gasteiger partial charge on any atom is 0.332 e. The van der Waals surface area contributed by atoms with E-state index in [-0.39, 0.29) is 30.1 Å². The van der Waals surface area contributed by atoms with Crippen LogP contribution in [0.5, 0.6) is 5.75 Å². The zero-order valence-corrected chi connectivity index (χ0v) is 22.4. The van der Waals surface area contributed by atoms with Crippen LogP contribution in [0, 0.1) is 5.92 Å². The van der Waals surface area contributed by atoms with Crippen molar-refractivity contribution < 1.29 is 24.5 Å². The highest BCUT2D eigenvalue weighted by molar-refractivity contribution is 5.96. The van der Waals surface area contributed by atoms with E-state index in [0.717, 1.165) is 28.9 Å². The zero-order chi connectivity index (χ0) is 27.2. The van der Waals surface area contributed by atoms with Crippen LogP contribution < -0.4 is 4.74 Å². The number of aliphatic hydroxyl groups excluding tert-OH is 1. The standard InChI is InChI=1S/C32H38O5/c1-21(2)20-30(25-8-6-24(7-9-25)28(33)18-19-29(34)31(35)36)37-27-16-12-23(13-17-27)22-10-14-26(15-11-22)32(3,4)5/h6-17,21,29-30,34H,18-20H2,1-5H3,(H,35,36)/t29-,30?/m0/s1. The lowest BCUT2D eigenvalue weighted by Crippen LogP contribution is -2.20. The molecule has 0 aliphatic heterocycles. The van der Waals surface area contributed by atoms with Gasteiger partial charge in [0.1, 0.15) is 11.9 Å². The largest absolute Gasteiger partial charge is 0.486 e. The van der Waals surface area contributed by atoms with Crippen LogP contribution in [-0.2, 0) is 10.2 Å². The third-order valence-corrected chi connectivity index (χ3v) is 6.44. The fraction of sp³-hybridized carbons (Fsp3) is 0.375. The summed E-state index contributed by atoms with van der Waals surface area (Å²) in [6, 6.07) is 24.1. The maximum absolute atomic E-state index is 12.4. The summed E-state index contributed by atoms with van der Waals surface area (Å²) >= 11 is 0. The van der Waals surface area contributed by atoms with Gasteiger partial charge in [-0.2, -0.15) is 0 Å². The summed E-state index contributed by atoms with van der Waals surface area (Å²) in [6.07, 6.45) is -1.01. The Balaban J connectivity index is 1.70. The van der Waals surface area contributed by atoms with Crippen LogP contribution in [0.25, 0.3) is 11.1 Å². The number of carbonyl (C=O) groups is 2. The average molecular weight is 503 g/mol. The second-order valence-electron chi connectivity index (χ2n) is 11.0. The molecular weight excluding hydrogens is 464 g/mol. The molecule has 0 aromatic heterocycles. The first-order valence-electron chi connectivity index (χ1n) is 12.9. The number of ether oxygens (including phenoxy) is 1. The van der Waals surface area contributed by atoms with Gasteiger partial charge in [-0.1, -0.05) is 95.3 Å². The first-order valence-corrected chi connectivity index (χ1v) is 12.9. The molecule has 5 heteroatoms. The molecule has 0 fully saturated rings. The molecule has 0 saturated carbocycles. The van der Waals surface area contributed by atoms with Gasteiger partial charge in [-0.15, -0.1) is 0 Å². The van der Waals surface area contributed by atoms with Crippen molar-refractivity contribution in [2.75, 3.05) is 0 Å². The van der Waals surface area contributed by atoms with E-state index >= 15 is 0 Å². The normalized spacial score (nSPS) is 13.3. The molecule has 196 valence electrons. The minimum absolute atomic E-state index is 0.0238. The second kappa shape index (κ2) is 12.2. The van der Waals surface area contributed by atoms with Gasteiger partial charge in [0.05, 0.1) is 0 Å². The lowest BCUT2D eigenvalue weighted by Gasteiger charge is -2.22. The second-order valence-corrected chi connectivity index (χ2v) is 11.0. The smallest absolute Gasteiger partial charge is 0.332 e. The van der Waals surface area contributed by atoms with Gasteiger partial charge in [-0.05, 0) is 58.6 Å². The van der Waals surface area contributed by atoms with Crippen molar-refractivity contribution in [3.8, 4) is 16.9 Å². The molecule has 3 rings (SSSR count). The van der Waals surface area contributed by atoms with E-state index in [2.05, 4.69) is 71.0 Å². The number of rotatable bonds is 11. The van der Waals surface area contributed by atoms with Crippen molar-refractivity contribution in [3.63, 3.8) is 0 Å². The molecule has 2 N–H and O–H groups in total. The number of aliphatic carboxylic acids is 1. The number of hydrogen-bond acceptors (Lipinski definition) is 4. The van der Waals surface area contributed by atoms with Gasteiger partial charge in [-0.3, -0.25) is 4.79 Å². The van der Waals surface area contributed by atoms with Gasteiger partial charge in [0.25, 0.3) is 0 Å². The Hall–Kier alpha value is -3.44. The fourth-order valence-corrected chi connectivity index (χ4v) is 4.15. The number of benzene rings is 3. The van der Waals surface area contributed by atoms with E-state index in [1.165, 1.54) is 5.56 Å². The Morgan fingerprint density at radius 3 is 1.86 bits per heavy atom. The highest BCUT2D eigenvalue weighted by Crippen LogP contribution is 2.31. The van der Waals surface area contributed by atoms with E-state index in [0.29, 0.717) is 11.5 Å². The number of Topliss-reactive ketones (excluding diaryl/α,β-unsaturated/α-hetero) is 1. The molecule has 0 amide bonds. The summed E-state index contributed by atoms with van der Waals surface area (Å²) in [7, 11) is 0. The van der Waals surface area contributed by atoms with Crippen LogP contribution >= 0.6 is 0 Å². The highest BCUT2D eigenvalue weighted by Gasteiger charge is 2.19. The number of carboxylic acid groups (broad SMARTS) is 1. The van der Waals surface area contributed by atoms with Crippen molar-refractivity contribution in [1.29, 1.82) is 0 Å². The van der Waals surface area contributed by atoms with E-state index in [9.17, 15) is 14.7 Å². The van der Waals surface area contributed by atoms with Gasteiger partial charge < -0.3 is 14.9 Å². The lowest BCUT2D eigenvalue weighted by atomic mass is 9.86. The van der Waals surface area contributed by atoms with Crippen molar-refractivity contribution in [2.45, 2.75) is 71.5 Å². The van der Waals surface area contributed by atoms with Gasteiger partial charge in [-0.25, -0.2) is 4.79 Å². The third kappa shape index (κ3) is 8.02. The average Bonchev–Trinajstić information content (AvgIpc) is 2.86. The molecule has 0 heterocycles. The summed E-state index contributed by atoms with van der Waals surface area (Å²) in [4.78, 5) is 23.2. The van der Waals surface area contributed by atoms with E-state index in [4.69, 9.17) is 9.84 Å². The zero-order valence-electron chi connectivity index (χ0n) is 22.4. The first kappa shape index (κ1) is 28.1. The predicted molar refractivity (Wildman–Crippen MR) is 147 cm³/mol. The molecule has 0 aliphatic carbocycles. The van der Waals surface area contributed by atoms with Gasteiger partial charge >= 0.3 is 5.97 Å². The third-order valence-electron chi connectivity index (χ3n) is 6.44. The molecule has 0 bridgehead atoms. The Bertz CT molecular complexity index is 1170. The lowest BCUT2D eigenvalue weighted by molar-refractivity contribution is -0.146. The molecule has 5 nitrogen and oxygen atoms in total. The summed E-state index contributed by atoms with van der Waals surface area (Å²) in [5.74, 6) is -0.324. The number of hydrogen-bond donors (Lipinski definition) is 2. The number of carbonyl (C=O) groups excluding carboxylic acids is 1. The molecule has 0 saturated heterocycles. The first-order chi connectivity index (χ1) is 17.4. The topological polar surface area (TPSA) is 83.8 Å². The van der Waals surface area contributed by atoms with Crippen LogP contribution in [-0.4, -0.2) is 28.1 Å². The summed E-state index contributed by atoms with van der Waals surface area (Å²) in [5, 5.41) is 18.2. The van der Waals surface area contributed by atoms with Crippen molar-refractivity contribution >= 4 is 11.8 Å². The van der Waals surface area contributed by atoms with Crippen LogP contribution in [0.15, 0.2) is 72.8 Å². The molecule has 2 atom stereocenters. The van der Waals surface area contributed by atoms with Crippen molar-refractivity contribution in [3.05, 3.63) is 89.5 Å². The summed E-state index contributed by atoms with van der Waals surface area (Å²) in [5.41, 5.74) is 5.18. The van der Waals surface area contributed by atoms with Crippen LogP contribution in [0.4, 0.5) is 0 Å². The van der Waals surface area contributed by atoms with Crippen LogP contribution in [0.1, 0.15) is 81.5 Å². The maximum atomic E-state index is 12.4. The van der Waals surface area contributed by atoms with Gasteiger partial charge in [0.2, 0.25) is 0 Å². The van der Waals surface area contributed by atoms with Crippen LogP contribution in [0.2, 0.25) is 0 Å². The number of carboxylic acids is 1. The highest BCUT2D eigenvalue weighted by atomic mass is 16.5. The molecule has 3 aromatic carbocycles. The molecule has 0 spiro atoms. The molecule has 1 unspecified atom stereocenters.